The average Bonchev–Trinajstić information content (AvgIpc) is 2.85. The average molecular weight is 493 g/mol. The number of hydrogen-bond acceptors (Lipinski definition) is 4. The van der Waals surface area contributed by atoms with Crippen molar-refractivity contribution in [2.24, 2.45) is 0 Å². The number of aliphatic hydroxyl groups excluding tert-OH is 1. The number of hydrogen-bond donors (Lipinski definition) is 2. The SMILES string of the molecule is O=S1(=O)c2cccc(c2)NC(=S)/C([n+]2ccccc2)=C(/O)c2ccc(cc2)CC2CCCCN21. The first-order valence-corrected chi connectivity index (χ1v) is 13.2. The maximum atomic E-state index is 13.7. The minimum Gasteiger partial charge on any atom is -0.502 e. The molecular formula is C26H26N3O3S2+. The maximum Gasteiger partial charge on any atom is 0.288 e. The summed E-state index contributed by atoms with van der Waals surface area (Å²) in [6, 6.07) is 19.8. The fraction of sp³-hybridized carbons (Fsp3) is 0.231. The Balaban J connectivity index is 1.68. The smallest absolute Gasteiger partial charge is 0.288 e. The van der Waals surface area contributed by atoms with Gasteiger partial charge >= 0.3 is 0 Å². The number of nitrogens with zero attached hydrogens (tertiary/aromatic N) is 2. The van der Waals surface area contributed by atoms with Crippen LogP contribution in [0.5, 0.6) is 0 Å². The van der Waals surface area contributed by atoms with Crippen molar-refractivity contribution in [2.45, 2.75) is 36.6 Å². The van der Waals surface area contributed by atoms with Crippen molar-refractivity contribution >= 4 is 44.4 Å². The van der Waals surface area contributed by atoms with Crippen LogP contribution >= 0.6 is 12.2 Å². The Labute approximate surface area is 205 Å². The van der Waals surface area contributed by atoms with Crippen LogP contribution in [0.2, 0.25) is 0 Å². The molecule has 174 valence electrons. The molecular weight excluding hydrogens is 466 g/mol. The van der Waals surface area contributed by atoms with Crippen LogP contribution in [0.25, 0.3) is 11.5 Å². The summed E-state index contributed by atoms with van der Waals surface area (Å²) in [6.45, 7) is 0.512. The number of thiocarbonyl (C=S) groups is 1. The Hall–Kier alpha value is -3.07. The molecule has 6 rings (SSSR count). The van der Waals surface area contributed by atoms with Crippen molar-refractivity contribution in [3.8, 4) is 0 Å². The van der Waals surface area contributed by atoms with Gasteiger partial charge in [-0.3, -0.25) is 0 Å². The number of pyridine rings is 1. The molecule has 4 heterocycles. The predicted octanol–water partition coefficient (Wildman–Crippen LogP) is 4.40. The molecule has 6 nitrogen and oxygen atoms in total. The summed E-state index contributed by atoms with van der Waals surface area (Å²) in [5.74, 6) is 0.0400. The van der Waals surface area contributed by atoms with E-state index in [9.17, 15) is 13.5 Å². The van der Waals surface area contributed by atoms with Gasteiger partial charge in [0.25, 0.3) is 5.70 Å². The monoisotopic (exact) mass is 492 g/mol. The van der Waals surface area contributed by atoms with E-state index in [0.29, 0.717) is 29.9 Å². The molecule has 1 fully saturated rings. The lowest BCUT2D eigenvalue weighted by molar-refractivity contribution is -0.575. The summed E-state index contributed by atoms with van der Waals surface area (Å²) in [7, 11) is -3.68. The Morgan fingerprint density at radius 3 is 2.53 bits per heavy atom. The van der Waals surface area contributed by atoms with Crippen molar-refractivity contribution in [2.75, 3.05) is 11.9 Å². The van der Waals surface area contributed by atoms with Crippen LogP contribution in [0, 0.1) is 0 Å². The molecule has 2 N–H and O–H groups in total. The summed E-state index contributed by atoms with van der Waals surface area (Å²) in [5, 5.41) is 14.4. The number of anilines is 1. The van der Waals surface area contributed by atoms with E-state index in [2.05, 4.69) is 5.32 Å². The molecule has 3 aliphatic heterocycles. The van der Waals surface area contributed by atoms with Crippen LogP contribution < -0.4 is 9.88 Å². The molecule has 0 spiro atoms. The van der Waals surface area contributed by atoms with Crippen molar-refractivity contribution < 1.29 is 18.1 Å². The number of aromatic nitrogens is 1. The Morgan fingerprint density at radius 2 is 1.76 bits per heavy atom. The summed E-state index contributed by atoms with van der Waals surface area (Å²) >= 11 is 5.70. The fourth-order valence-corrected chi connectivity index (χ4v) is 6.72. The van der Waals surface area contributed by atoms with E-state index in [0.717, 1.165) is 24.8 Å². The lowest BCUT2D eigenvalue weighted by Crippen LogP contribution is -2.44. The van der Waals surface area contributed by atoms with Crippen molar-refractivity contribution in [1.29, 1.82) is 0 Å². The first kappa shape index (κ1) is 22.7. The quantitative estimate of drug-likeness (QED) is 0.389. The van der Waals surface area contributed by atoms with Crippen LogP contribution in [-0.2, 0) is 16.4 Å². The highest BCUT2D eigenvalue weighted by Crippen LogP contribution is 2.30. The van der Waals surface area contributed by atoms with Gasteiger partial charge in [0.1, 0.15) is 0 Å². The minimum atomic E-state index is -3.68. The number of piperidine rings is 1. The zero-order valence-corrected chi connectivity index (χ0v) is 20.2. The molecule has 1 saturated heterocycles. The molecule has 3 aromatic rings. The van der Waals surface area contributed by atoms with E-state index in [1.54, 1.807) is 45.5 Å². The Bertz CT molecular complexity index is 1350. The molecule has 1 atom stereocenters. The second-order valence-corrected chi connectivity index (χ2v) is 10.9. The van der Waals surface area contributed by atoms with Gasteiger partial charge in [0, 0.05) is 36.0 Å². The zero-order valence-electron chi connectivity index (χ0n) is 18.6. The fourth-order valence-electron chi connectivity index (χ4n) is 4.66. The molecule has 3 aliphatic rings. The first-order chi connectivity index (χ1) is 16.4. The summed E-state index contributed by atoms with van der Waals surface area (Å²) in [5.41, 5.74) is 2.62. The van der Waals surface area contributed by atoms with Gasteiger partial charge in [-0.05, 0) is 43.0 Å². The molecule has 0 amide bonds. The molecule has 8 heteroatoms. The van der Waals surface area contributed by atoms with E-state index in [1.807, 2.05) is 42.5 Å². The van der Waals surface area contributed by atoms with Crippen LogP contribution in [0.4, 0.5) is 5.69 Å². The predicted molar refractivity (Wildman–Crippen MR) is 137 cm³/mol. The highest BCUT2D eigenvalue weighted by atomic mass is 32.2. The number of aliphatic hydroxyl groups is 1. The molecule has 0 saturated carbocycles. The molecule has 1 aromatic heterocycles. The normalized spacial score (nSPS) is 22.8. The van der Waals surface area contributed by atoms with Crippen LogP contribution in [0.15, 0.2) is 84.0 Å². The highest BCUT2D eigenvalue weighted by molar-refractivity contribution is 7.89. The van der Waals surface area contributed by atoms with E-state index in [1.165, 1.54) is 0 Å². The Morgan fingerprint density at radius 1 is 1.00 bits per heavy atom. The number of nitrogens with one attached hydrogen (secondary N) is 1. The number of fused-ring (bicyclic) bond motifs is 4. The third-order valence-electron chi connectivity index (χ3n) is 6.38. The lowest BCUT2D eigenvalue weighted by Gasteiger charge is -2.35. The zero-order chi connectivity index (χ0) is 23.7. The van der Waals surface area contributed by atoms with Gasteiger partial charge in [-0.15, -0.1) is 0 Å². The van der Waals surface area contributed by atoms with Gasteiger partial charge in [0.15, 0.2) is 23.1 Å². The second kappa shape index (κ2) is 9.29. The third-order valence-corrected chi connectivity index (χ3v) is 8.63. The van der Waals surface area contributed by atoms with E-state index in [-0.39, 0.29) is 21.7 Å². The first-order valence-electron chi connectivity index (χ1n) is 11.4. The van der Waals surface area contributed by atoms with Crippen LogP contribution in [-0.4, -0.2) is 35.4 Å². The largest absolute Gasteiger partial charge is 0.502 e. The van der Waals surface area contributed by atoms with Gasteiger partial charge in [0.2, 0.25) is 10.0 Å². The van der Waals surface area contributed by atoms with Crippen LogP contribution in [0.3, 0.4) is 0 Å². The van der Waals surface area contributed by atoms with E-state index >= 15 is 0 Å². The van der Waals surface area contributed by atoms with Crippen molar-refractivity contribution in [3.05, 3.63) is 90.3 Å². The van der Waals surface area contributed by atoms with E-state index < -0.39 is 10.0 Å². The lowest BCUT2D eigenvalue weighted by atomic mass is 9.97. The summed E-state index contributed by atoms with van der Waals surface area (Å²) in [6.07, 6.45) is 6.92. The summed E-state index contributed by atoms with van der Waals surface area (Å²) in [4.78, 5) is 0.511. The molecule has 0 radical (unpaired) electrons. The van der Waals surface area contributed by atoms with Crippen molar-refractivity contribution in [3.63, 3.8) is 0 Å². The summed E-state index contributed by atoms with van der Waals surface area (Å²) < 4.78 is 30.7. The van der Waals surface area contributed by atoms with Gasteiger partial charge in [-0.1, -0.05) is 55.0 Å². The van der Waals surface area contributed by atoms with Crippen LogP contribution in [0.1, 0.15) is 30.4 Å². The number of sulfonamides is 1. The number of rotatable bonds is 1. The van der Waals surface area contributed by atoms with Gasteiger partial charge in [-0.25, -0.2) is 8.42 Å². The topological polar surface area (TPSA) is 73.5 Å². The molecule has 0 aliphatic carbocycles. The van der Waals surface area contributed by atoms with Crippen molar-refractivity contribution in [1.82, 2.24) is 4.31 Å². The van der Waals surface area contributed by atoms with Gasteiger partial charge in [-0.2, -0.15) is 8.87 Å². The molecule has 4 bridgehead atoms. The number of benzene rings is 2. The maximum absolute atomic E-state index is 13.7. The van der Waals surface area contributed by atoms with E-state index in [4.69, 9.17) is 12.2 Å². The highest BCUT2D eigenvalue weighted by Gasteiger charge is 2.34. The molecule has 34 heavy (non-hydrogen) atoms. The third kappa shape index (κ3) is 4.36. The minimum absolute atomic E-state index is 0.0400. The molecule has 2 aromatic carbocycles. The van der Waals surface area contributed by atoms with Gasteiger partial charge < -0.3 is 10.4 Å². The van der Waals surface area contributed by atoms with Gasteiger partial charge in [0.05, 0.1) is 4.90 Å². The second-order valence-electron chi connectivity index (χ2n) is 8.63. The standard InChI is InChI=1S/C26H25N3O3S2/c30-25-20-12-10-19(11-13-20)17-22-8-2-5-16-29(22)34(31,32)23-9-6-7-21(18-23)27-26(33)24(25)28-14-3-1-4-15-28/h1,3-4,6-7,9-15,18,22H,2,5,8,16-17H2,(H-,27,30,33)/p+1. The molecule has 1 unspecified atom stereocenters. The Kier molecular flexibility index (Phi) is 6.20.